The molecule has 0 aliphatic carbocycles. The molecule has 0 N–H and O–H groups in total. The van der Waals surface area contributed by atoms with Crippen LogP contribution in [0, 0.1) is 17.8 Å². The Bertz CT molecular complexity index is 303. The van der Waals surface area contributed by atoms with Crippen molar-refractivity contribution in [3.05, 3.63) is 0 Å². The van der Waals surface area contributed by atoms with Gasteiger partial charge in [0.25, 0.3) is 0 Å². The first-order valence-electron chi connectivity index (χ1n) is 5.02. The highest BCUT2D eigenvalue weighted by molar-refractivity contribution is 5.76. The van der Waals surface area contributed by atoms with Crippen molar-refractivity contribution in [2.75, 3.05) is 20.2 Å². The van der Waals surface area contributed by atoms with Gasteiger partial charge in [-0.15, -0.1) is 0 Å². The molecule has 0 amide bonds. The van der Waals surface area contributed by atoms with Gasteiger partial charge in [-0.05, 0) is 32.9 Å². The molecule has 2 atom stereocenters. The lowest BCUT2D eigenvalue weighted by molar-refractivity contribution is -0.148. The molecule has 2 unspecified atom stereocenters. The minimum absolute atomic E-state index is 0.186. The molecule has 1 fully saturated rings. The van der Waals surface area contributed by atoms with Crippen molar-refractivity contribution >= 4 is 12.3 Å². The van der Waals surface area contributed by atoms with E-state index >= 15 is 0 Å². The SMILES string of the molecule is CCOC(=O)C1CCN(C)C1C#CC=O. The molecule has 0 saturated carbocycles. The van der Waals surface area contributed by atoms with E-state index in [-0.39, 0.29) is 17.9 Å². The second-order valence-electron chi connectivity index (χ2n) is 3.48. The lowest BCUT2D eigenvalue weighted by Gasteiger charge is -2.17. The summed E-state index contributed by atoms with van der Waals surface area (Å²) in [6.07, 6.45) is 1.29. The number of rotatable bonds is 2. The van der Waals surface area contributed by atoms with E-state index in [1.807, 2.05) is 11.9 Å². The molecule has 0 aromatic heterocycles. The zero-order valence-corrected chi connectivity index (χ0v) is 9.03. The zero-order chi connectivity index (χ0) is 11.3. The van der Waals surface area contributed by atoms with E-state index < -0.39 is 0 Å². The molecule has 1 saturated heterocycles. The molecule has 0 aromatic carbocycles. The minimum Gasteiger partial charge on any atom is -0.466 e. The van der Waals surface area contributed by atoms with Crippen LogP contribution in [0.2, 0.25) is 0 Å². The predicted octanol–water partition coefficient (Wildman–Crippen LogP) is 0.0721. The number of likely N-dealkylation sites (tertiary alicyclic amines) is 1. The van der Waals surface area contributed by atoms with Gasteiger partial charge in [-0.1, -0.05) is 5.92 Å². The fraction of sp³-hybridized carbons (Fsp3) is 0.636. The summed E-state index contributed by atoms with van der Waals surface area (Å²) in [5, 5.41) is 0. The highest BCUT2D eigenvalue weighted by Crippen LogP contribution is 2.23. The number of hydrogen-bond acceptors (Lipinski definition) is 4. The zero-order valence-electron chi connectivity index (χ0n) is 9.03. The van der Waals surface area contributed by atoms with E-state index in [0.717, 1.165) is 13.0 Å². The summed E-state index contributed by atoms with van der Waals surface area (Å²) in [5.41, 5.74) is 0. The number of carbonyl (C=O) groups is 2. The van der Waals surface area contributed by atoms with Gasteiger partial charge < -0.3 is 4.74 Å². The van der Waals surface area contributed by atoms with Gasteiger partial charge in [0.15, 0.2) is 6.29 Å². The summed E-state index contributed by atoms with van der Waals surface area (Å²) in [5.74, 6) is 4.71. The Morgan fingerprint density at radius 1 is 1.67 bits per heavy atom. The topological polar surface area (TPSA) is 46.6 Å². The van der Waals surface area contributed by atoms with E-state index in [9.17, 15) is 9.59 Å². The maximum Gasteiger partial charge on any atom is 0.311 e. The van der Waals surface area contributed by atoms with Crippen LogP contribution < -0.4 is 0 Å². The van der Waals surface area contributed by atoms with Crippen LogP contribution in [0.25, 0.3) is 0 Å². The van der Waals surface area contributed by atoms with Gasteiger partial charge in [-0.3, -0.25) is 14.5 Å². The van der Waals surface area contributed by atoms with Gasteiger partial charge in [-0.2, -0.15) is 0 Å². The normalized spacial score (nSPS) is 25.5. The quantitative estimate of drug-likeness (QED) is 0.367. The fourth-order valence-corrected chi connectivity index (χ4v) is 1.77. The Balaban J connectivity index is 2.71. The standard InChI is InChI=1S/C11H15NO3/c1-3-15-11(14)9-6-7-12(2)10(9)5-4-8-13/h8-10H,3,6-7H2,1-2H3. The molecule has 0 spiro atoms. The summed E-state index contributed by atoms with van der Waals surface area (Å²) in [4.78, 5) is 23.7. The van der Waals surface area contributed by atoms with E-state index in [0.29, 0.717) is 12.9 Å². The Morgan fingerprint density at radius 3 is 3.00 bits per heavy atom. The molecule has 15 heavy (non-hydrogen) atoms. The van der Waals surface area contributed by atoms with Gasteiger partial charge >= 0.3 is 5.97 Å². The van der Waals surface area contributed by atoms with E-state index in [1.165, 1.54) is 0 Å². The first-order valence-corrected chi connectivity index (χ1v) is 5.02. The molecule has 4 nitrogen and oxygen atoms in total. The molecule has 0 radical (unpaired) electrons. The predicted molar refractivity (Wildman–Crippen MR) is 55.0 cm³/mol. The number of esters is 1. The Kier molecular flexibility index (Phi) is 4.32. The molecule has 1 aliphatic heterocycles. The van der Waals surface area contributed by atoms with Crippen LogP contribution in [0.3, 0.4) is 0 Å². The van der Waals surface area contributed by atoms with Crippen LogP contribution >= 0.6 is 0 Å². The number of ether oxygens (including phenoxy) is 1. The Labute approximate surface area is 89.6 Å². The molecule has 82 valence electrons. The number of aldehydes is 1. The van der Waals surface area contributed by atoms with Crippen LogP contribution in [-0.2, 0) is 14.3 Å². The largest absolute Gasteiger partial charge is 0.466 e. The third kappa shape index (κ3) is 2.80. The monoisotopic (exact) mass is 209 g/mol. The van der Waals surface area contributed by atoms with Gasteiger partial charge in [0.1, 0.15) is 0 Å². The minimum atomic E-state index is -0.220. The second kappa shape index (κ2) is 5.52. The van der Waals surface area contributed by atoms with Crippen LogP contribution in [0.15, 0.2) is 0 Å². The molecule has 1 rings (SSSR count). The van der Waals surface area contributed by atoms with Crippen molar-refractivity contribution in [2.45, 2.75) is 19.4 Å². The summed E-state index contributed by atoms with van der Waals surface area (Å²) in [7, 11) is 1.89. The number of carbonyl (C=O) groups excluding carboxylic acids is 2. The van der Waals surface area contributed by atoms with Crippen molar-refractivity contribution in [3.63, 3.8) is 0 Å². The van der Waals surface area contributed by atoms with Crippen molar-refractivity contribution in [1.29, 1.82) is 0 Å². The fourth-order valence-electron chi connectivity index (χ4n) is 1.77. The van der Waals surface area contributed by atoms with Crippen molar-refractivity contribution in [3.8, 4) is 11.8 Å². The third-order valence-electron chi connectivity index (χ3n) is 2.53. The van der Waals surface area contributed by atoms with Gasteiger partial charge in [0, 0.05) is 0 Å². The summed E-state index contributed by atoms with van der Waals surface area (Å²) < 4.78 is 4.96. The average Bonchev–Trinajstić information content (AvgIpc) is 2.57. The van der Waals surface area contributed by atoms with Gasteiger partial charge in [-0.25, -0.2) is 0 Å². The van der Waals surface area contributed by atoms with Crippen molar-refractivity contribution in [2.24, 2.45) is 5.92 Å². The van der Waals surface area contributed by atoms with Crippen LogP contribution in [0.4, 0.5) is 0 Å². The van der Waals surface area contributed by atoms with E-state index in [1.54, 1.807) is 6.92 Å². The lowest BCUT2D eigenvalue weighted by Crippen LogP contribution is -2.32. The first-order chi connectivity index (χ1) is 7.20. The maximum atomic E-state index is 11.6. The molecule has 0 bridgehead atoms. The van der Waals surface area contributed by atoms with Crippen molar-refractivity contribution < 1.29 is 14.3 Å². The number of hydrogen-bond donors (Lipinski definition) is 0. The molecular formula is C11H15NO3. The summed E-state index contributed by atoms with van der Waals surface area (Å²) in [6, 6.07) is -0.186. The average molecular weight is 209 g/mol. The molecule has 1 heterocycles. The Morgan fingerprint density at radius 2 is 2.40 bits per heavy atom. The highest BCUT2D eigenvalue weighted by Gasteiger charge is 2.36. The third-order valence-corrected chi connectivity index (χ3v) is 2.53. The molecular weight excluding hydrogens is 194 g/mol. The Hall–Kier alpha value is -1.34. The number of nitrogens with zero attached hydrogens (tertiary/aromatic N) is 1. The van der Waals surface area contributed by atoms with Crippen LogP contribution in [-0.4, -0.2) is 43.4 Å². The molecule has 4 heteroatoms. The van der Waals surface area contributed by atoms with E-state index in [4.69, 9.17) is 4.74 Å². The first kappa shape index (κ1) is 11.7. The maximum absolute atomic E-state index is 11.6. The van der Waals surface area contributed by atoms with Gasteiger partial charge in [0.05, 0.1) is 18.6 Å². The van der Waals surface area contributed by atoms with Crippen molar-refractivity contribution in [1.82, 2.24) is 4.90 Å². The molecule has 1 aliphatic rings. The summed E-state index contributed by atoms with van der Waals surface area (Å²) >= 11 is 0. The lowest BCUT2D eigenvalue weighted by atomic mass is 10.0. The van der Waals surface area contributed by atoms with Crippen LogP contribution in [0.5, 0.6) is 0 Å². The van der Waals surface area contributed by atoms with Crippen LogP contribution in [0.1, 0.15) is 13.3 Å². The van der Waals surface area contributed by atoms with E-state index in [2.05, 4.69) is 11.8 Å². The molecule has 0 aromatic rings. The smallest absolute Gasteiger partial charge is 0.311 e. The van der Waals surface area contributed by atoms with Gasteiger partial charge in [0.2, 0.25) is 0 Å². The second-order valence-corrected chi connectivity index (χ2v) is 3.48. The highest BCUT2D eigenvalue weighted by atomic mass is 16.5. The summed E-state index contributed by atoms with van der Waals surface area (Å²) in [6.45, 7) is 2.97.